The fraction of sp³-hybridized carbons (Fsp3) is 0.757. The number of ether oxygens (including phenoxy) is 8. The van der Waals surface area contributed by atoms with E-state index in [0.29, 0.717) is 0 Å². The van der Waals surface area contributed by atoms with Crippen LogP contribution in [0.5, 0.6) is 0 Å². The zero-order valence-electron chi connectivity index (χ0n) is 33.6. The fourth-order valence-electron chi connectivity index (χ4n) is 6.77. The van der Waals surface area contributed by atoms with Gasteiger partial charge in [-0.2, -0.15) is 0 Å². The Morgan fingerprint density at radius 1 is 0.587 bits per heavy atom. The molecule has 0 saturated carbocycles. The van der Waals surface area contributed by atoms with Crippen molar-refractivity contribution in [3.05, 3.63) is 35.9 Å². The van der Waals surface area contributed by atoms with Gasteiger partial charge in [-0.05, 0) is 18.6 Å². The molecule has 0 radical (unpaired) electrons. The van der Waals surface area contributed by atoms with Crippen LogP contribution < -0.4 is 0 Å². The molecule has 0 amide bonds. The number of hydrogen-bond acceptors (Lipinski definition) is 25. The summed E-state index contributed by atoms with van der Waals surface area (Å²) in [6.45, 7) is -3.23. The maximum absolute atomic E-state index is 12.3. The van der Waals surface area contributed by atoms with Crippen molar-refractivity contribution in [1.29, 1.82) is 0 Å². The van der Waals surface area contributed by atoms with E-state index < -0.39 is 173 Å². The van der Waals surface area contributed by atoms with Gasteiger partial charge in [-0.1, -0.05) is 25.1 Å². The Labute approximate surface area is 357 Å². The molecule has 4 aliphatic rings. The van der Waals surface area contributed by atoms with Crippen LogP contribution in [0, 0.1) is 5.92 Å². The van der Waals surface area contributed by atoms with E-state index in [1.807, 2.05) is 0 Å². The molecule has 26 heteroatoms. The van der Waals surface area contributed by atoms with Crippen LogP contribution >= 0.6 is 0 Å². The Kier molecular flexibility index (Phi) is 19.0. The van der Waals surface area contributed by atoms with Crippen molar-refractivity contribution in [2.75, 3.05) is 39.6 Å². The van der Waals surface area contributed by atoms with E-state index in [4.69, 9.17) is 43.0 Å². The zero-order chi connectivity index (χ0) is 47.0. The molecule has 5 rings (SSSR count). The average molecular weight is 917 g/mol. The SMILES string of the molecule is CC(CCC(=O)OC[C@@]1(O[C@H]2O[C@H](CO)[C@@H](O)[C@H](O)[C@H]2O)O[C@H](CO)[C@@H](O)[C@@H]1O)C(=O)O.O=C(OC[C@@]1(O[C@H]2O[C@H](CO)[C@@H](O)[C@H](O)[C@H]2O)O[C@H](CO)[C@@H](O)[C@@H]1O)c1ccccc1. The van der Waals surface area contributed by atoms with Crippen LogP contribution in [0.2, 0.25) is 0 Å². The maximum atomic E-state index is 12.3. The average Bonchev–Trinajstić information content (AvgIpc) is 3.67. The topological polar surface area (TPSA) is 429 Å². The van der Waals surface area contributed by atoms with Gasteiger partial charge in [0.05, 0.1) is 37.9 Å². The molecule has 26 nitrogen and oxygen atoms in total. The molecular formula is C37H56O26. The second kappa shape index (κ2) is 22.8. The number of hydrogen-bond donors (Lipinski definition) is 15. The van der Waals surface area contributed by atoms with E-state index in [2.05, 4.69) is 0 Å². The summed E-state index contributed by atoms with van der Waals surface area (Å²) in [6, 6.07) is 7.84. The van der Waals surface area contributed by atoms with E-state index >= 15 is 0 Å². The van der Waals surface area contributed by atoms with Crippen LogP contribution in [0.3, 0.4) is 0 Å². The van der Waals surface area contributed by atoms with Crippen LogP contribution in [0.15, 0.2) is 30.3 Å². The number of carbonyl (C=O) groups is 3. The van der Waals surface area contributed by atoms with E-state index in [9.17, 15) is 85.9 Å². The Morgan fingerprint density at radius 2 is 1.00 bits per heavy atom. The van der Waals surface area contributed by atoms with Crippen LogP contribution in [0.1, 0.15) is 30.1 Å². The van der Waals surface area contributed by atoms with Gasteiger partial charge in [0.2, 0.25) is 11.6 Å². The summed E-state index contributed by atoms with van der Waals surface area (Å²) >= 11 is 0. The van der Waals surface area contributed by atoms with Gasteiger partial charge >= 0.3 is 17.9 Å². The minimum absolute atomic E-state index is 0.0416. The third kappa shape index (κ3) is 12.0. The molecule has 19 atom stereocenters. The minimum atomic E-state index is -2.37. The number of aliphatic hydroxyl groups excluding tert-OH is 14. The number of esters is 2. The summed E-state index contributed by atoms with van der Waals surface area (Å²) in [6.07, 6.45) is -27.1. The lowest BCUT2D eigenvalue weighted by atomic mass is 9.99. The van der Waals surface area contributed by atoms with E-state index in [-0.39, 0.29) is 18.4 Å². The van der Waals surface area contributed by atoms with Gasteiger partial charge in [-0.3, -0.25) is 9.59 Å². The van der Waals surface area contributed by atoms with Gasteiger partial charge < -0.3 is 114 Å². The smallest absolute Gasteiger partial charge is 0.338 e. The predicted molar refractivity (Wildman–Crippen MR) is 197 cm³/mol. The molecule has 360 valence electrons. The summed E-state index contributed by atoms with van der Waals surface area (Å²) < 4.78 is 42.5. The Balaban J connectivity index is 0.000000277. The molecule has 0 bridgehead atoms. The molecule has 4 heterocycles. The first kappa shape index (κ1) is 52.5. The first-order valence-corrected chi connectivity index (χ1v) is 19.6. The highest BCUT2D eigenvalue weighted by Gasteiger charge is 2.61. The van der Waals surface area contributed by atoms with Crippen molar-refractivity contribution in [2.45, 2.75) is 129 Å². The third-order valence-corrected chi connectivity index (χ3v) is 10.8. The molecule has 63 heavy (non-hydrogen) atoms. The molecular weight excluding hydrogens is 860 g/mol. The van der Waals surface area contributed by atoms with Crippen molar-refractivity contribution >= 4 is 17.9 Å². The summed E-state index contributed by atoms with van der Waals surface area (Å²) in [4.78, 5) is 35.2. The molecule has 0 spiro atoms. The molecule has 15 N–H and O–H groups in total. The maximum Gasteiger partial charge on any atom is 0.338 e. The highest BCUT2D eigenvalue weighted by atomic mass is 16.8. The summed E-state index contributed by atoms with van der Waals surface area (Å²) in [7, 11) is 0. The molecule has 0 aromatic heterocycles. The number of carbonyl (C=O) groups excluding carboxylic acids is 2. The lowest BCUT2D eigenvalue weighted by molar-refractivity contribution is -0.383. The highest BCUT2D eigenvalue weighted by molar-refractivity contribution is 5.89. The van der Waals surface area contributed by atoms with Gasteiger partial charge in [-0.25, -0.2) is 4.79 Å². The molecule has 4 aliphatic heterocycles. The predicted octanol–water partition coefficient (Wildman–Crippen LogP) is -7.87. The van der Waals surface area contributed by atoms with Crippen LogP contribution in [-0.2, 0) is 47.5 Å². The van der Waals surface area contributed by atoms with Crippen molar-refractivity contribution in [3.63, 3.8) is 0 Å². The van der Waals surface area contributed by atoms with E-state index in [1.165, 1.54) is 19.1 Å². The van der Waals surface area contributed by atoms with Gasteiger partial charge in [0.25, 0.3) is 0 Å². The summed E-state index contributed by atoms with van der Waals surface area (Å²) in [5.74, 6) is -8.29. The van der Waals surface area contributed by atoms with Crippen LogP contribution in [-0.4, -0.2) is 244 Å². The number of carboxylic acids is 1. The first-order chi connectivity index (χ1) is 29.7. The molecule has 0 aliphatic carbocycles. The Hall–Kier alpha value is -3.17. The lowest BCUT2D eigenvalue weighted by Gasteiger charge is -2.43. The number of carboxylic acid groups (broad SMARTS) is 1. The van der Waals surface area contributed by atoms with Crippen LogP contribution in [0.25, 0.3) is 0 Å². The Morgan fingerprint density at radius 3 is 1.38 bits per heavy atom. The summed E-state index contributed by atoms with van der Waals surface area (Å²) in [5, 5.41) is 148. The normalized spacial score (nSPS) is 40.7. The number of rotatable bonds is 17. The number of aliphatic carboxylic acids is 1. The quantitative estimate of drug-likeness (QED) is 0.0645. The molecule has 1 aromatic carbocycles. The minimum Gasteiger partial charge on any atom is -0.481 e. The van der Waals surface area contributed by atoms with Crippen molar-refractivity contribution < 1.29 is 129 Å². The lowest BCUT2D eigenvalue weighted by Crippen LogP contribution is -2.62. The standard InChI is InChI=1S/C19H26O12.C18H30O14/c20-6-10-12(22)14(24)15(25)18(29-10)31-19(16(26)13(23)11(7-21)30-19)8-28-17(27)9-4-2-1-3-5-9;1-7(16(27)28)2-3-10(21)29-6-18(15(26)12(23)9(5-20)31-18)32-17-14(25)13(24)11(22)8(4-19)30-17/h1-5,10-16,18,20-26H,6-8H2;7-9,11-15,17,19-20,22-26H,2-6H2,1H3,(H,27,28)/t10-,11-,12-,13-,14+,15-,16+,18-,19+;7?,8-,9-,11-,12-,13+,14-,15+,17-,18+/m11/s1. The molecule has 4 saturated heterocycles. The Bertz CT molecular complexity index is 1600. The molecule has 4 fully saturated rings. The van der Waals surface area contributed by atoms with Gasteiger partial charge in [0.15, 0.2) is 12.6 Å². The largest absolute Gasteiger partial charge is 0.481 e. The van der Waals surface area contributed by atoms with Crippen LogP contribution in [0.4, 0.5) is 0 Å². The number of aliphatic hydroxyl groups is 14. The third-order valence-electron chi connectivity index (χ3n) is 10.8. The van der Waals surface area contributed by atoms with Gasteiger partial charge in [0.1, 0.15) is 98.7 Å². The monoisotopic (exact) mass is 916 g/mol. The first-order valence-electron chi connectivity index (χ1n) is 19.6. The number of benzene rings is 1. The van der Waals surface area contributed by atoms with Crippen molar-refractivity contribution in [3.8, 4) is 0 Å². The zero-order valence-corrected chi connectivity index (χ0v) is 33.6. The van der Waals surface area contributed by atoms with E-state index in [1.54, 1.807) is 18.2 Å². The molecule has 1 aromatic rings. The molecule has 1 unspecified atom stereocenters. The summed E-state index contributed by atoms with van der Waals surface area (Å²) in [5.41, 5.74) is 0.178. The van der Waals surface area contributed by atoms with Crippen molar-refractivity contribution in [2.24, 2.45) is 5.92 Å². The van der Waals surface area contributed by atoms with E-state index in [0.717, 1.165) is 0 Å². The van der Waals surface area contributed by atoms with Gasteiger partial charge in [0, 0.05) is 6.42 Å². The second-order valence-electron chi connectivity index (χ2n) is 15.2. The van der Waals surface area contributed by atoms with Crippen molar-refractivity contribution in [1.82, 2.24) is 0 Å². The highest BCUT2D eigenvalue weighted by Crippen LogP contribution is 2.38. The fourth-order valence-corrected chi connectivity index (χ4v) is 6.77. The van der Waals surface area contributed by atoms with Gasteiger partial charge in [-0.15, -0.1) is 0 Å². The second-order valence-corrected chi connectivity index (χ2v) is 15.2.